The first kappa shape index (κ1) is 33.9. The van der Waals surface area contributed by atoms with Gasteiger partial charge in [-0.3, -0.25) is 0 Å². The summed E-state index contributed by atoms with van der Waals surface area (Å²) in [5, 5.41) is 14.7. The molecule has 2 heterocycles. The van der Waals surface area contributed by atoms with Gasteiger partial charge in [-0.1, -0.05) is 59.8 Å². The van der Waals surface area contributed by atoms with Crippen LogP contribution >= 0.6 is 0 Å². The molecule has 0 unspecified atom stereocenters. The van der Waals surface area contributed by atoms with Crippen molar-refractivity contribution in [1.29, 1.82) is 0 Å². The standard InChI is InChI=1S/C33H27F3N4O.C2HF3O2/c1-20-31(21(2)41-40-20)26-10-4-7-23(15-26)19-37-18-22-6-3-8-24(14-22)25-9-5-11-27(16-25)32-38-29-13-12-28(33(34,35)36)17-30(29)39-32;3-2(4,5)1(6)7/h3-17,37H,18-19H2,1-2H3,(H,38,39);(H,6,7). The minimum absolute atomic E-state index is 0.352. The van der Waals surface area contributed by atoms with Gasteiger partial charge < -0.3 is 19.9 Å². The van der Waals surface area contributed by atoms with Crippen LogP contribution < -0.4 is 5.32 Å². The van der Waals surface area contributed by atoms with Crippen molar-refractivity contribution in [2.45, 2.75) is 39.3 Å². The molecule has 13 heteroatoms. The van der Waals surface area contributed by atoms with Crippen molar-refractivity contribution in [2.24, 2.45) is 0 Å². The van der Waals surface area contributed by atoms with Crippen LogP contribution in [0.1, 0.15) is 28.1 Å². The molecule has 0 aliphatic heterocycles. The number of H-pyrrole nitrogens is 1. The van der Waals surface area contributed by atoms with Crippen LogP contribution in [0.3, 0.4) is 0 Å². The predicted octanol–water partition coefficient (Wildman–Crippen LogP) is 9.11. The first-order valence-electron chi connectivity index (χ1n) is 14.5. The molecule has 4 aromatic carbocycles. The number of aromatic amines is 1. The topological polar surface area (TPSA) is 104 Å². The fraction of sp³-hybridized carbons (Fsp3) is 0.171. The maximum atomic E-state index is 13.1. The van der Waals surface area contributed by atoms with Crippen LogP contribution in [0.25, 0.3) is 44.7 Å². The molecule has 0 saturated heterocycles. The van der Waals surface area contributed by atoms with Crippen molar-refractivity contribution in [3.05, 3.63) is 119 Å². The van der Waals surface area contributed by atoms with E-state index in [9.17, 15) is 26.3 Å². The van der Waals surface area contributed by atoms with Crippen molar-refractivity contribution in [1.82, 2.24) is 20.4 Å². The number of carboxylic acid groups (broad SMARTS) is 1. The van der Waals surface area contributed by atoms with Crippen molar-refractivity contribution in [3.8, 4) is 33.6 Å². The second kappa shape index (κ2) is 13.7. The fourth-order valence-corrected chi connectivity index (χ4v) is 5.11. The number of aryl methyl sites for hydroxylation is 2. The summed E-state index contributed by atoms with van der Waals surface area (Å²) in [6.07, 6.45) is -9.49. The molecule has 7 nitrogen and oxygen atoms in total. The molecule has 3 N–H and O–H groups in total. The van der Waals surface area contributed by atoms with Gasteiger partial charge in [-0.25, -0.2) is 9.78 Å². The fourth-order valence-electron chi connectivity index (χ4n) is 5.11. The van der Waals surface area contributed by atoms with Crippen molar-refractivity contribution >= 4 is 17.0 Å². The number of benzene rings is 4. The van der Waals surface area contributed by atoms with E-state index < -0.39 is 23.9 Å². The number of aromatic nitrogens is 3. The summed E-state index contributed by atoms with van der Waals surface area (Å²) >= 11 is 0. The Morgan fingerprint density at radius 3 is 1.94 bits per heavy atom. The van der Waals surface area contributed by atoms with Crippen LogP contribution in [0.5, 0.6) is 0 Å². The average Bonchev–Trinajstić information content (AvgIpc) is 3.63. The van der Waals surface area contributed by atoms with E-state index in [0.717, 1.165) is 57.0 Å². The number of nitrogens with zero attached hydrogens (tertiary/aromatic N) is 2. The summed E-state index contributed by atoms with van der Waals surface area (Å²) in [4.78, 5) is 16.5. The van der Waals surface area contributed by atoms with Gasteiger partial charge in [0.1, 0.15) is 11.6 Å². The largest absolute Gasteiger partial charge is 0.490 e. The van der Waals surface area contributed by atoms with Crippen LogP contribution in [-0.4, -0.2) is 32.4 Å². The molecule has 0 bridgehead atoms. The highest BCUT2D eigenvalue weighted by atomic mass is 19.4. The molecule has 6 rings (SSSR count). The first-order chi connectivity index (χ1) is 22.7. The summed E-state index contributed by atoms with van der Waals surface area (Å²) in [7, 11) is 0. The molecular formula is C35H28F6N4O3. The van der Waals surface area contributed by atoms with E-state index >= 15 is 0 Å². The number of hydrogen-bond donors (Lipinski definition) is 3. The smallest absolute Gasteiger partial charge is 0.475 e. The number of carboxylic acids is 1. The quantitative estimate of drug-likeness (QED) is 0.147. The Bertz CT molecular complexity index is 2040. The van der Waals surface area contributed by atoms with Gasteiger partial charge >= 0.3 is 18.3 Å². The number of rotatable bonds is 7. The van der Waals surface area contributed by atoms with Gasteiger partial charge in [-0.05, 0) is 78.1 Å². The number of imidazole rings is 1. The minimum atomic E-state index is -5.08. The van der Waals surface area contributed by atoms with E-state index in [0.29, 0.717) is 29.9 Å². The van der Waals surface area contributed by atoms with Crippen LogP contribution in [0.2, 0.25) is 0 Å². The number of nitrogens with one attached hydrogen (secondary N) is 2. The molecule has 0 radical (unpaired) electrons. The molecule has 0 fully saturated rings. The van der Waals surface area contributed by atoms with E-state index in [2.05, 4.69) is 50.8 Å². The van der Waals surface area contributed by atoms with Crippen LogP contribution in [0.15, 0.2) is 95.5 Å². The average molecular weight is 667 g/mol. The maximum Gasteiger partial charge on any atom is 0.490 e. The number of carbonyl (C=O) groups is 1. The normalized spacial score (nSPS) is 11.8. The zero-order valence-electron chi connectivity index (χ0n) is 25.5. The van der Waals surface area contributed by atoms with E-state index in [-0.39, 0.29) is 0 Å². The molecule has 0 atom stereocenters. The Morgan fingerprint density at radius 2 is 1.35 bits per heavy atom. The van der Waals surface area contributed by atoms with Crippen molar-refractivity contribution < 1.29 is 40.8 Å². The van der Waals surface area contributed by atoms with Crippen LogP contribution in [-0.2, 0) is 24.1 Å². The highest BCUT2D eigenvalue weighted by molar-refractivity contribution is 5.81. The highest BCUT2D eigenvalue weighted by Gasteiger charge is 2.38. The summed E-state index contributed by atoms with van der Waals surface area (Å²) in [5.74, 6) is -1.42. The molecule has 0 aliphatic rings. The predicted molar refractivity (Wildman–Crippen MR) is 168 cm³/mol. The summed E-state index contributed by atoms with van der Waals surface area (Å²) in [6.45, 7) is 5.27. The van der Waals surface area contributed by atoms with Gasteiger partial charge in [0.25, 0.3) is 0 Å². The van der Waals surface area contributed by atoms with E-state index in [4.69, 9.17) is 14.4 Å². The van der Waals surface area contributed by atoms with E-state index in [1.54, 1.807) is 0 Å². The zero-order chi connectivity index (χ0) is 34.6. The third kappa shape index (κ3) is 8.10. The van der Waals surface area contributed by atoms with Crippen molar-refractivity contribution in [2.75, 3.05) is 0 Å². The summed E-state index contributed by atoms with van der Waals surface area (Å²) < 4.78 is 76.5. The summed E-state index contributed by atoms with van der Waals surface area (Å²) in [5.41, 5.74) is 8.29. The second-order valence-electron chi connectivity index (χ2n) is 10.9. The Balaban J connectivity index is 0.000000582. The number of halogens is 6. The Hall–Kier alpha value is -5.43. The Morgan fingerprint density at radius 1 is 0.792 bits per heavy atom. The Labute approximate surface area is 270 Å². The third-order valence-corrected chi connectivity index (χ3v) is 7.36. The molecule has 2 aromatic heterocycles. The van der Waals surface area contributed by atoms with Gasteiger partial charge in [-0.15, -0.1) is 0 Å². The molecule has 48 heavy (non-hydrogen) atoms. The SMILES string of the molecule is Cc1noc(C)c1-c1cccc(CNCc2cccc(-c3cccc(-c4nc5ccc(C(F)(F)F)cc5[nH]4)c3)c2)c1.O=C(O)C(F)(F)F. The highest BCUT2D eigenvalue weighted by Crippen LogP contribution is 2.33. The molecule has 0 amide bonds. The second-order valence-corrected chi connectivity index (χ2v) is 10.9. The first-order valence-corrected chi connectivity index (χ1v) is 14.5. The number of fused-ring (bicyclic) bond motifs is 1. The molecule has 6 aromatic rings. The molecule has 0 aliphatic carbocycles. The van der Waals surface area contributed by atoms with Crippen LogP contribution in [0.4, 0.5) is 26.3 Å². The summed E-state index contributed by atoms with van der Waals surface area (Å²) in [6, 6.07) is 28.0. The van der Waals surface area contributed by atoms with Crippen LogP contribution in [0, 0.1) is 13.8 Å². The van der Waals surface area contributed by atoms with Gasteiger partial charge in [0.2, 0.25) is 0 Å². The van der Waals surface area contributed by atoms with E-state index in [1.807, 2.05) is 56.3 Å². The lowest BCUT2D eigenvalue weighted by molar-refractivity contribution is -0.192. The lowest BCUT2D eigenvalue weighted by Crippen LogP contribution is -2.21. The third-order valence-electron chi connectivity index (χ3n) is 7.36. The lowest BCUT2D eigenvalue weighted by atomic mass is 10.0. The molecule has 248 valence electrons. The molecular weight excluding hydrogens is 638 g/mol. The number of aliphatic carboxylic acids is 1. The van der Waals surface area contributed by atoms with Crippen molar-refractivity contribution in [3.63, 3.8) is 0 Å². The number of alkyl halides is 6. The van der Waals surface area contributed by atoms with Gasteiger partial charge in [0, 0.05) is 24.2 Å². The molecule has 0 spiro atoms. The van der Waals surface area contributed by atoms with E-state index in [1.165, 1.54) is 11.6 Å². The van der Waals surface area contributed by atoms with Gasteiger partial charge in [-0.2, -0.15) is 26.3 Å². The Kier molecular flexibility index (Phi) is 9.71. The number of hydrogen-bond acceptors (Lipinski definition) is 5. The van der Waals surface area contributed by atoms with Gasteiger partial charge in [0.15, 0.2) is 0 Å². The van der Waals surface area contributed by atoms with Gasteiger partial charge in [0.05, 0.1) is 22.3 Å². The monoisotopic (exact) mass is 666 g/mol. The minimum Gasteiger partial charge on any atom is -0.475 e. The molecule has 0 saturated carbocycles. The maximum absolute atomic E-state index is 13.1. The zero-order valence-corrected chi connectivity index (χ0v) is 25.5. The lowest BCUT2D eigenvalue weighted by Gasteiger charge is -2.10.